The van der Waals surface area contributed by atoms with Crippen molar-refractivity contribution < 1.29 is 14.3 Å². The van der Waals surface area contributed by atoms with Gasteiger partial charge in [-0.05, 0) is 36.4 Å². The number of hydrogen-bond donors (Lipinski definition) is 2. The van der Waals surface area contributed by atoms with Crippen molar-refractivity contribution in [1.82, 2.24) is 0 Å². The van der Waals surface area contributed by atoms with Gasteiger partial charge in [-0.2, -0.15) is 0 Å². The van der Waals surface area contributed by atoms with E-state index in [0.717, 1.165) is 0 Å². The van der Waals surface area contributed by atoms with Gasteiger partial charge in [-0.3, -0.25) is 4.79 Å². The van der Waals surface area contributed by atoms with Gasteiger partial charge >= 0.3 is 5.63 Å². The number of phenolic OH excluding ortho intramolecular Hbond substituents is 1. The Morgan fingerprint density at radius 2 is 1.83 bits per heavy atom. The largest absolute Gasteiger partial charge is 0.508 e. The third-order valence-electron chi connectivity index (χ3n) is 3.26. The smallest absolute Gasteiger partial charge is 0.347 e. The van der Waals surface area contributed by atoms with Gasteiger partial charge in [0.2, 0.25) is 0 Å². The molecule has 0 atom stereocenters. The maximum atomic E-state index is 12.1. The quantitative estimate of drug-likeness (QED) is 0.334. The summed E-state index contributed by atoms with van der Waals surface area (Å²) >= 11 is 0. The summed E-state index contributed by atoms with van der Waals surface area (Å²) in [6, 6.07) is 14.9. The molecule has 3 rings (SSSR count). The Kier molecular flexibility index (Phi) is 3.93. The van der Waals surface area contributed by atoms with Gasteiger partial charge in [0.25, 0.3) is 0 Å². The lowest BCUT2D eigenvalue weighted by molar-refractivity contribution is 0.104. The fraction of sp³-hybridized carbons (Fsp3) is 0. The third kappa shape index (κ3) is 3.29. The molecule has 0 unspecified atom stereocenters. The Labute approximate surface area is 131 Å². The molecule has 0 aliphatic carbocycles. The van der Waals surface area contributed by atoms with Crippen molar-refractivity contribution in [3.63, 3.8) is 0 Å². The standard InChI is InChI=1S/C18H13NO4/c20-14-7-5-13(6-8-14)19-10-9-16(21)15-11-12-3-1-2-4-17(12)23-18(15)22/h1-11,19-20H/b10-9+. The number of hydrogen-bond acceptors (Lipinski definition) is 5. The van der Waals surface area contributed by atoms with Gasteiger partial charge in [0.05, 0.1) is 0 Å². The van der Waals surface area contributed by atoms with Gasteiger partial charge in [-0.15, -0.1) is 0 Å². The molecule has 23 heavy (non-hydrogen) atoms. The molecule has 0 saturated carbocycles. The van der Waals surface area contributed by atoms with Crippen LogP contribution in [0.15, 0.2) is 76.1 Å². The van der Waals surface area contributed by atoms with Gasteiger partial charge < -0.3 is 14.8 Å². The number of carbonyl (C=O) groups excluding carboxylic acids is 1. The van der Waals surface area contributed by atoms with Crippen molar-refractivity contribution in [3.05, 3.63) is 82.9 Å². The molecule has 2 N–H and O–H groups in total. The Morgan fingerprint density at radius 1 is 1.09 bits per heavy atom. The molecule has 3 aromatic rings. The van der Waals surface area contributed by atoms with E-state index < -0.39 is 11.4 Å². The molecule has 0 fully saturated rings. The lowest BCUT2D eigenvalue weighted by Gasteiger charge is -2.01. The average Bonchev–Trinajstić information content (AvgIpc) is 2.56. The molecule has 0 radical (unpaired) electrons. The number of para-hydroxylation sites is 1. The summed E-state index contributed by atoms with van der Waals surface area (Å²) in [5.74, 6) is -0.292. The summed E-state index contributed by atoms with van der Waals surface area (Å²) in [4.78, 5) is 24.0. The van der Waals surface area contributed by atoms with E-state index in [1.165, 1.54) is 30.5 Å². The summed E-state index contributed by atoms with van der Waals surface area (Å²) in [6.07, 6.45) is 2.69. The molecule has 0 spiro atoms. The van der Waals surface area contributed by atoms with E-state index in [2.05, 4.69) is 5.32 Å². The Balaban J connectivity index is 1.80. The van der Waals surface area contributed by atoms with Gasteiger partial charge in [0, 0.05) is 23.3 Å². The monoisotopic (exact) mass is 307 g/mol. The van der Waals surface area contributed by atoms with Crippen LogP contribution in [0.4, 0.5) is 5.69 Å². The van der Waals surface area contributed by atoms with E-state index in [-0.39, 0.29) is 11.3 Å². The SMILES string of the molecule is O=C(/C=C/Nc1ccc(O)cc1)c1cc2ccccc2oc1=O. The zero-order valence-corrected chi connectivity index (χ0v) is 12.0. The topological polar surface area (TPSA) is 79.5 Å². The van der Waals surface area contributed by atoms with Crippen molar-refractivity contribution >= 4 is 22.4 Å². The van der Waals surface area contributed by atoms with Gasteiger partial charge in [0.1, 0.15) is 16.9 Å². The van der Waals surface area contributed by atoms with Gasteiger partial charge in [-0.25, -0.2) is 4.79 Å². The van der Waals surface area contributed by atoms with Crippen LogP contribution in [-0.4, -0.2) is 10.9 Å². The van der Waals surface area contributed by atoms with E-state index in [1.54, 1.807) is 36.4 Å². The van der Waals surface area contributed by atoms with Gasteiger partial charge in [-0.1, -0.05) is 18.2 Å². The number of carbonyl (C=O) groups is 1. The predicted molar refractivity (Wildman–Crippen MR) is 87.7 cm³/mol. The van der Waals surface area contributed by atoms with E-state index in [9.17, 15) is 14.7 Å². The van der Waals surface area contributed by atoms with E-state index >= 15 is 0 Å². The van der Waals surface area contributed by atoms with Crippen LogP contribution in [-0.2, 0) is 0 Å². The molecule has 5 nitrogen and oxygen atoms in total. The minimum Gasteiger partial charge on any atom is -0.508 e. The number of phenols is 1. The highest BCUT2D eigenvalue weighted by Crippen LogP contribution is 2.14. The molecule has 5 heteroatoms. The first kappa shape index (κ1) is 14.6. The fourth-order valence-electron chi connectivity index (χ4n) is 2.09. The molecule has 2 aromatic carbocycles. The van der Waals surface area contributed by atoms with Crippen LogP contribution < -0.4 is 10.9 Å². The zero-order valence-electron chi connectivity index (χ0n) is 12.0. The number of anilines is 1. The first-order chi connectivity index (χ1) is 11.1. The summed E-state index contributed by atoms with van der Waals surface area (Å²) in [5.41, 5.74) is 0.466. The molecular formula is C18H13NO4. The first-order valence-electron chi connectivity index (χ1n) is 6.93. The number of ketones is 1. The van der Waals surface area contributed by atoms with Crippen LogP contribution in [0, 0.1) is 0 Å². The summed E-state index contributed by atoms with van der Waals surface area (Å²) in [6.45, 7) is 0. The average molecular weight is 307 g/mol. The zero-order chi connectivity index (χ0) is 16.2. The van der Waals surface area contributed by atoms with E-state index in [4.69, 9.17) is 4.42 Å². The van der Waals surface area contributed by atoms with Crippen LogP contribution in [0.2, 0.25) is 0 Å². The van der Waals surface area contributed by atoms with Crippen molar-refractivity contribution in [2.75, 3.05) is 5.32 Å². The van der Waals surface area contributed by atoms with Crippen LogP contribution in [0.5, 0.6) is 5.75 Å². The molecule has 0 saturated heterocycles. The number of aromatic hydroxyl groups is 1. The molecule has 0 bridgehead atoms. The summed E-state index contributed by atoms with van der Waals surface area (Å²) < 4.78 is 5.13. The van der Waals surface area contributed by atoms with Crippen LogP contribution in [0.1, 0.15) is 10.4 Å². The van der Waals surface area contributed by atoms with Crippen LogP contribution in [0.25, 0.3) is 11.0 Å². The van der Waals surface area contributed by atoms with Gasteiger partial charge in [0.15, 0.2) is 5.78 Å². The number of fused-ring (bicyclic) bond motifs is 1. The molecule has 0 aliphatic rings. The number of benzene rings is 2. The number of rotatable bonds is 4. The fourth-order valence-corrected chi connectivity index (χ4v) is 2.09. The van der Waals surface area contributed by atoms with Crippen molar-refractivity contribution in [2.24, 2.45) is 0 Å². The molecule has 0 amide bonds. The number of allylic oxidation sites excluding steroid dienone is 1. The van der Waals surface area contributed by atoms with Crippen molar-refractivity contribution in [1.29, 1.82) is 0 Å². The van der Waals surface area contributed by atoms with Crippen LogP contribution in [0.3, 0.4) is 0 Å². The molecule has 114 valence electrons. The minimum atomic E-state index is -0.664. The highest BCUT2D eigenvalue weighted by molar-refractivity contribution is 6.05. The maximum Gasteiger partial charge on any atom is 0.347 e. The maximum absolute atomic E-state index is 12.1. The third-order valence-corrected chi connectivity index (χ3v) is 3.26. The second-order valence-electron chi connectivity index (χ2n) is 4.87. The minimum absolute atomic E-state index is 0.0209. The highest BCUT2D eigenvalue weighted by Gasteiger charge is 2.10. The Bertz CT molecular complexity index is 939. The lowest BCUT2D eigenvalue weighted by Crippen LogP contribution is -2.12. The molecule has 1 aromatic heterocycles. The lowest BCUT2D eigenvalue weighted by atomic mass is 10.1. The molecule has 0 aliphatic heterocycles. The number of nitrogens with one attached hydrogen (secondary N) is 1. The Hall–Kier alpha value is -3.34. The normalized spacial score (nSPS) is 11.0. The summed E-state index contributed by atoms with van der Waals surface area (Å²) in [5, 5.41) is 12.8. The van der Waals surface area contributed by atoms with Crippen LogP contribution >= 0.6 is 0 Å². The molecule has 1 heterocycles. The second-order valence-corrected chi connectivity index (χ2v) is 4.87. The van der Waals surface area contributed by atoms with Crippen molar-refractivity contribution in [2.45, 2.75) is 0 Å². The Morgan fingerprint density at radius 3 is 2.61 bits per heavy atom. The van der Waals surface area contributed by atoms with E-state index in [1.807, 2.05) is 0 Å². The molecular weight excluding hydrogens is 294 g/mol. The summed E-state index contributed by atoms with van der Waals surface area (Å²) in [7, 11) is 0. The highest BCUT2D eigenvalue weighted by atomic mass is 16.4. The predicted octanol–water partition coefficient (Wildman–Crippen LogP) is 3.31. The van der Waals surface area contributed by atoms with Crippen molar-refractivity contribution in [3.8, 4) is 5.75 Å². The second kappa shape index (κ2) is 6.19. The van der Waals surface area contributed by atoms with E-state index in [0.29, 0.717) is 16.7 Å². The first-order valence-corrected chi connectivity index (χ1v) is 6.93.